The van der Waals surface area contributed by atoms with Gasteiger partial charge in [-0.1, -0.05) is 82.2 Å². The summed E-state index contributed by atoms with van der Waals surface area (Å²) in [5.41, 5.74) is 3.45. The third kappa shape index (κ3) is 5.74. The van der Waals surface area contributed by atoms with Gasteiger partial charge < -0.3 is 4.74 Å². The van der Waals surface area contributed by atoms with E-state index in [0.717, 1.165) is 28.9 Å². The topological polar surface area (TPSA) is 9.23 Å². The summed E-state index contributed by atoms with van der Waals surface area (Å²) in [5, 5.41) is 0. The molecule has 1 nitrogen and oxygen atoms in total. The van der Waals surface area contributed by atoms with Crippen molar-refractivity contribution in [2.75, 3.05) is 7.11 Å². The molecule has 0 spiro atoms. The third-order valence-corrected chi connectivity index (χ3v) is 8.30. The van der Waals surface area contributed by atoms with Crippen molar-refractivity contribution >= 4 is 0 Å². The fourth-order valence-electron chi connectivity index (χ4n) is 6.38. The molecule has 2 aliphatic carbocycles. The molecule has 0 aromatic heterocycles. The Morgan fingerprint density at radius 1 is 0.812 bits per heavy atom. The fourth-order valence-corrected chi connectivity index (χ4v) is 6.38. The zero-order valence-electron chi connectivity index (χ0n) is 20.1. The lowest BCUT2D eigenvalue weighted by molar-refractivity contribution is 0.113. The van der Waals surface area contributed by atoms with Crippen LogP contribution < -0.4 is 4.74 Å². The van der Waals surface area contributed by atoms with E-state index >= 15 is 0 Å². The normalized spacial score (nSPS) is 25.3. The van der Waals surface area contributed by atoms with E-state index in [9.17, 15) is 4.39 Å². The van der Waals surface area contributed by atoms with Crippen LogP contribution in [0.25, 0.3) is 11.1 Å². The minimum Gasteiger partial charge on any atom is -0.494 e. The highest BCUT2D eigenvalue weighted by Gasteiger charge is 2.35. The van der Waals surface area contributed by atoms with E-state index < -0.39 is 0 Å². The minimum atomic E-state index is -0.302. The number of rotatable bonds is 9. The smallest absolute Gasteiger partial charge is 0.165 e. The summed E-state index contributed by atoms with van der Waals surface area (Å²) in [6, 6.07) is 14.1. The second-order valence-corrected chi connectivity index (χ2v) is 10.4. The van der Waals surface area contributed by atoms with Gasteiger partial charge in [-0.05, 0) is 84.6 Å². The molecular formula is C30H41FO. The maximum atomic E-state index is 14.1. The van der Waals surface area contributed by atoms with Gasteiger partial charge in [0.15, 0.2) is 11.6 Å². The van der Waals surface area contributed by atoms with Crippen LogP contribution in [0.4, 0.5) is 4.39 Å². The molecule has 4 rings (SSSR count). The molecule has 1 unspecified atom stereocenters. The largest absolute Gasteiger partial charge is 0.494 e. The van der Waals surface area contributed by atoms with Gasteiger partial charge in [-0.15, -0.1) is 0 Å². The Labute approximate surface area is 194 Å². The molecule has 2 aromatic rings. The van der Waals surface area contributed by atoms with Crippen molar-refractivity contribution in [2.45, 2.75) is 89.9 Å². The predicted octanol–water partition coefficient (Wildman–Crippen LogP) is 9.16. The summed E-state index contributed by atoms with van der Waals surface area (Å²) in [5.74, 6) is 3.60. The molecule has 0 heterocycles. The zero-order valence-corrected chi connectivity index (χ0v) is 20.1. The number of fused-ring (bicyclic) bond motifs is 1. The highest BCUT2D eigenvalue weighted by molar-refractivity contribution is 5.64. The summed E-state index contributed by atoms with van der Waals surface area (Å²) in [4.78, 5) is 0. The van der Waals surface area contributed by atoms with E-state index in [4.69, 9.17) is 4.74 Å². The summed E-state index contributed by atoms with van der Waals surface area (Å²) in [6.07, 6.45) is 17.1. The molecule has 2 aliphatic rings. The molecule has 0 amide bonds. The van der Waals surface area contributed by atoms with Crippen molar-refractivity contribution in [1.29, 1.82) is 0 Å². The van der Waals surface area contributed by atoms with Gasteiger partial charge >= 0.3 is 0 Å². The van der Waals surface area contributed by atoms with Crippen LogP contribution in [0.15, 0.2) is 42.5 Å². The molecule has 174 valence electrons. The molecule has 4 atom stereocenters. The molecule has 0 N–H and O–H groups in total. The quantitative estimate of drug-likeness (QED) is 0.356. The van der Waals surface area contributed by atoms with Gasteiger partial charge in [0.2, 0.25) is 0 Å². The second-order valence-electron chi connectivity index (χ2n) is 10.4. The Kier molecular flexibility index (Phi) is 8.27. The average Bonchev–Trinajstić information content (AvgIpc) is 2.83. The Balaban J connectivity index is 1.29. The van der Waals surface area contributed by atoms with Crippen molar-refractivity contribution < 1.29 is 9.13 Å². The van der Waals surface area contributed by atoms with Gasteiger partial charge in [0.1, 0.15) is 0 Å². The molecule has 0 aliphatic heterocycles. The minimum absolute atomic E-state index is 0.299. The summed E-state index contributed by atoms with van der Waals surface area (Å²) in [6.45, 7) is 2.30. The standard InChI is InChI=1S/C30H41FO/c1-3-4-5-6-7-8-22-9-10-27-20-26(16-15-25(27)19-22)23-11-13-24(14-12-23)28-17-18-30(32-2)29(31)21-28/h11-14,17-18,21-22,25-27H,3-10,15-16,19-20H2,1-2H3/t22?,25-,26-,27-/m1/s1. The summed E-state index contributed by atoms with van der Waals surface area (Å²) in [7, 11) is 1.50. The number of benzene rings is 2. The van der Waals surface area contributed by atoms with E-state index in [1.165, 1.54) is 89.7 Å². The van der Waals surface area contributed by atoms with Crippen molar-refractivity contribution in [2.24, 2.45) is 17.8 Å². The van der Waals surface area contributed by atoms with Crippen LogP contribution in [0.3, 0.4) is 0 Å². The van der Waals surface area contributed by atoms with Gasteiger partial charge in [-0.2, -0.15) is 0 Å². The van der Waals surface area contributed by atoms with Crippen LogP contribution in [0, 0.1) is 23.6 Å². The monoisotopic (exact) mass is 436 g/mol. The van der Waals surface area contributed by atoms with E-state index in [1.807, 2.05) is 6.07 Å². The van der Waals surface area contributed by atoms with Crippen LogP contribution in [0.5, 0.6) is 5.75 Å². The van der Waals surface area contributed by atoms with Crippen molar-refractivity contribution in [3.05, 3.63) is 53.8 Å². The van der Waals surface area contributed by atoms with Crippen LogP contribution in [0.2, 0.25) is 0 Å². The third-order valence-electron chi connectivity index (χ3n) is 8.30. The number of hydrogen-bond acceptors (Lipinski definition) is 1. The van der Waals surface area contributed by atoms with E-state index in [2.05, 4.69) is 31.2 Å². The summed E-state index contributed by atoms with van der Waals surface area (Å²) >= 11 is 0. The van der Waals surface area contributed by atoms with Crippen LogP contribution in [0.1, 0.15) is 95.5 Å². The molecular weight excluding hydrogens is 395 g/mol. The Hall–Kier alpha value is -1.83. The SMILES string of the molecule is CCCCCCCC1CC[C@@H]2C[C@H](c3ccc(-c4ccc(OC)c(F)c4)cc3)CC[C@@H]2C1. The van der Waals surface area contributed by atoms with E-state index in [1.54, 1.807) is 12.1 Å². The van der Waals surface area contributed by atoms with Crippen LogP contribution in [-0.2, 0) is 0 Å². The highest BCUT2D eigenvalue weighted by atomic mass is 19.1. The number of methoxy groups -OCH3 is 1. The van der Waals surface area contributed by atoms with Crippen LogP contribution >= 0.6 is 0 Å². The molecule has 0 saturated heterocycles. The van der Waals surface area contributed by atoms with Gasteiger partial charge in [-0.3, -0.25) is 0 Å². The number of ether oxygens (including phenoxy) is 1. The van der Waals surface area contributed by atoms with E-state index in [0.29, 0.717) is 11.7 Å². The lowest BCUT2D eigenvalue weighted by atomic mass is 9.63. The predicted molar refractivity (Wildman–Crippen MR) is 133 cm³/mol. The van der Waals surface area contributed by atoms with Crippen molar-refractivity contribution in [3.63, 3.8) is 0 Å². The summed E-state index contributed by atoms with van der Waals surface area (Å²) < 4.78 is 19.1. The Morgan fingerprint density at radius 2 is 1.53 bits per heavy atom. The number of halogens is 1. The number of unbranched alkanes of at least 4 members (excludes halogenated alkanes) is 4. The maximum absolute atomic E-state index is 14.1. The molecule has 0 radical (unpaired) electrons. The van der Waals surface area contributed by atoms with Crippen molar-refractivity contribution in [3.8, 4) is 16.9 Å². The second kappa shape index (κ2) is 11.3. The van der Waals surface area contributed by atoms with E-state index in [-0.39, 0.29) is 5.82 Å². The highest BCUT2D eigenvalue weighted by Crippen LogP contribution is 2.48. The molecule has 2 aromatic carbocycles. The van der Waals surface area contributed by atoms with Gasteiger partial charge in [-0.25, -0.2) is 4.39 Å². The Morgan fingerprint density at radius 3 is 2.28 bits per heavy atom. The molecule has 2 fully saturated rings. The van der Waals surface area contributed by atoms with Gasteiger partial charge in [0.25, 0.3) is 0 Å². The lowest BCUT2D eigenvalue weighted by Gasteiger charge is -2.42. The molecule has 32 heavy (non-hydrogen) atoms. The van der Waals surface area contributed by atoms with Gasteiger partial charge in [0.05, 0.1) is 7.11 Å². The van der Waals surface area contributed by atoms with Crippen molar-refractivity contribution in [1.82, 2.24) is 0 Å². The average molecular weight is 437 g/mol. The lowest BCUT2D eigenvalue weighted by Crippen LogP contribution is -2.30. The molecule has 0 bridgehead atoms. The zero-order chi connectivity index (χ0) is 22.3. The van der Waals surface area contributed by atoms with Crippen LogP contribution in [-0.4, -0.2) is 7.11 Å². The maximum Gasteiger partial charge on any atom is 0.165 e. The van der Waals surface area contributed by atoms with Gasteiger partial charge in [0, 0.05) is 0 Å². The number of hydrogen-bond donors (Lipinski definition) is 0. The molecule has 2 heteroatoms. The molecule has 2 saturated carbocycles. The first-order valence-electron chi connectivity index (χ1n) is 13.1. The first-order chi connectivity index (χ1) is 15.7. The first-order valence-corrected chi connectivity index (χ1v) is 13.1. The first kappa shape index (κ1) is 23.3. The Bertz CT molecular complexity index is 842. The fraction of sp³-hybridized carbons (Fsp3) is 0.600.